The number of carbonyl (C=O) groups excluding carboxylic acids is 2. The van der Waals surface area contributed by atoms with Gasteiger partial charge in [0.2, 0.25) is 6.79 Å². The number of nitrogens with zero attached hydrogens (tertiary/aromatic N) is 1. The molecular weight excluding hydrogens is 288 g/mol. The number of hydrogen-bond donors (Lipinski definition) is 1. The highest BCUT2D eigenvalue weighted by Crippen LogP contribution is 2.29. The molecular formula is C15H14N2O5. The Morgan fingerprint density at radius 2 is 1.91 bits per heavy atom. The van der Waals surface area contributed by atoms with Gasteiger partial charge in [-0.05, 0) is 12.1 Å². The SMILES string of the molecule is COc1ccnc(C(N)=O)c1OCOC(=O)c1ccccc1. The molecule has 0 unspecified atom stereocenters. The van der Waals surface area contributed by atoms with Crippen molar-refractivity contribution in [2.45, 2.75) is 0 Å². The zero-order valence-electron chi connectivity index (χ0n) is 11.8. The lowest BCUT2D eigenvalue weighted by Gasteiger charge is -2.12. The molecule has 7 nitrogen and oxygen atoms in total. The van der Waals surface area contributed by atoms with Gasteiger partial charge in [-0.1, -0.05) is 18.2 Å². The molecule has 0 aliphatic rings. The number of amides is 1. The van der Waals surface area contributed by atoms with E-state index < -0.39 is 18.7 Å². The van der Waals surface area contributed by atoms with Gasteiger partial charge in [0.15, 0.2) is 17.2 Å². The Hall–Kier alpha value is -3.09. The van der Waals surface area contributed by atoms with Crippen LogP contribution in [-0.2, 0) is 4.74 Å². The van der Waals surface area contributed by atoms with E-state index in [9.17, 15) is 9.59 Å². The molecule has 1 heterocycles. The van der Waals surface area contributed by atoms with E-state index in [1.54, 1.807) is 30.3 Å². The number of nitrogens with two attached hydrogens (primary N) is 1. The summed E-state index contributed by atoms with van der Waals surface area (Å²) in [4.78, 5) is 26.9. The van der Waals surface area contributed by atoms with Crippen LogP contribution in [0.1, 0.15) is 20.8 Å². The highest BCUT2D eigenvalue weighted by atomic mass is 16.7. The van der Waals surface area contributed by atoms with E-state index >= 15 is 0 Å². The smallest absolute Gasteiger partial charge is 0.340 e. The highest BCUT2D eigenvalue weighted by molar-refractivity contribution is 5.94. The third-order valence-electron chi connectivity index (χ3n) is 2.72. The van der Waals surface area contributed by atoms with Gasteiger partial charge in [0.1, 0.15) is 0 Å². The van der Waals surface area contributed by atoms with Gasteiger partial charge in [-0.2, -0.15) is 0 Å². The molecule has 0 fully saturated rings. The van der Waals surface area contributed by atoms with Gasteiger partial charge in [0.25, 0.3) is 5.91 Å². The average Bonchev–Trinajstić information content (AvgIpc) is 2.55. The number of esters is 1. The number of methoxy groups -OCH3 is 1. The molecule has 2 aromatic rings. The number of ether oxygens (including phenoxy) is 3. The highest BCUT2D eigenvalue weighted by Gasteiger charge is 2.17. The molecule has 1 aromatic heterocycles. The molecule has 22 heavy (non-hydrogen) atoms. The summed E-state index contributed by atoms with van der Waals surface area (Å²) in [5.41, 5.74) is 5.50. The number of aromatic nitrogens is 1. The average molecular weight is 302 g/mol. The Kier molecular flexibility index (Phi) is 4.92. The van der Waals surface area contributed by atoms with Crippen molar-refractivity contribution in [2.24, 2.45) is 5.73 Å². The van der Waals surface area contributed by atoms with Crippen molar-refractivity contribution in [3.63, 3.8) is 0 Å². The maximum Gasteiger partial charge on any atom is 0.340 e. The largest absolute Gasteiger partial charge is 0.493 e. The van der Waals surface area contributed by atoms with E-state index in [0.717, 1.165) is 0 Å². The Morgan fingerprint density at radius 3 is 2.55 bits per heavy atom. The van der Waals surface area contributed by atoms with Crippen molar-refractivity contribution in [3.8, 4) is 11.5 Å². The van der Waals surface area contributed by atoms with Crippen LogP contribution in [0.5, 0.6) is 11.5 Å². The second-order valence-corrected chi connectivity index (χ2v) is 4.12. The number of benzene rings is 1. The summed E-state index contributed by atoms with van der Waals surface area (Å²) in [6.45, 7) is -0.407. The fraction of sp³-hybridized carbons (Fsp3) is 0.133. The Labute approximate surface area is 126 Å². The van der Waals surface area contributed by atoms with Crippen LogP contribution in [0, 0.1) is 0 Å². The zero-order chi connectivity index (χ0) is 15.9. The topological polar surface area (TPSA) is 101 Å². The molecule has 1 amide bonds. The summed E-state index contributed by atoms with van der Waals surface area (Å²) in [5, 5.41) is 0. The number of rotatable bonds is 6. The summed E-state index contributed by atoms with van der Waals surface area (Å²) in [5.74, 6) is -1.04. The second kappa shape index (κ2) is 7.07. The predicted molar refractivity (Wildman–Crippen MR) is 76.7 cm³/mol. The van der Waals surface area contributed by atoms with E-state index in [0.29, 0.717) is 5.56 Å². The molecule has 0 saturated carbocycles. The maximum absolute atomic E-state index is 11.8. The lowest BCUT2D eigenvalue weighted by atomic mass is 10.2. The van der Waals surface area contributed by atoms with Crippen LogP contribution in [0.15, 0.2) is 42.6 Å². The van der Waals surface area contributed by atoms with Gasteiger partial charge >= 0.3 is 5.97 Å². The van der Waals surface area contributed by atoms with Gasteiger partial charge < -0.3 is 19.9 Å². The first-order valence-electron chi connectivity index (χ1n) is 6.31. The maximum atomic E-state index is 11.8. The van der Waals surface area contributed by atoms with Crippen molar-refractivity contribution in [3.05, 3.63) is 53.9 Å². The van der Waals surface area contributed by atoms with Crippen LogP contribution in [0.2, 0.25) is 0 Å². The van der Waals surface area contributed by atoms with Gasteiger partial charge in [-0.15, -0.1) is 0 Å². The third-order valence-corrected chi connectivity index (χ3v) is 2.72. The van der Waals surface area contributed by atoms with Crippen LogP contribution in [0.4, 0.5) is 0 Å². The summed E-state index contributed by atoms with van der Waals surface area (Å²) >= 11 is 0. The van der Waals surface area contributed by atoms with Crippen LogP contribution >= 0.6 is 0 Å². The van der Waals surface area contributed by atoms with E-state index in [4.69, 9.17) is 19.9 Å². The van der Waals surface area contributed by atoms with E-state index in [1.807, 2.05) is 0 Å². The van der Waals surface area contributed by atoms with Gasteiger partial charge in [-0.3, -0.25) is 4.79 Å². The Morgan fingerprint density at radius 1 is 1.18 bits per heavy atom. The molecule has 0 bridgehead atoms. The molecule has 2 N–H and O–H groups in total. The minimum absolute atomic E-state index is 0.0263. The number of carbonyl (C=O) groups is 2. The van der Waals surface area contributed by atoms with Gasteiger partial charge in [-0.25, -0.2) is 9.78 Å². The number of pyridine rings is 1. The lowest BCUT2D eigenvalue weighted by molar-refractivity contribution is 0.0144. The summed E-state index contributed by atoms with van der Waals surface area (Å²) < 4.78 is 15.3. The molecule has 1 aromatic carbocycles. The zero-order valence-corrected chi connectivity index (χ0v) is 11.8. The Balaban J connectivity index is 2.06. The first-order chi connectivity index (χ1) is 10.6. The van der Waals surface area contributed by atoms with Crippen molar-refractivity contribution < 1.29 is 23.8 Å². The molecule has 2 rings (SSSR count). The lowest BCUT2D eigenvalue weighted by Crippen LogP contribution is -2.17. The molecule has 114 valence electrons. The molecule has 0 saturated heterocycles. The van der Waals surface area contributed by atoms with Crippen molar-refractivity contribution >= 4 is 11.9 Å². The molecule has 0 aliphatic heterocycles. The van der Waals surface area contributed by atoms with E-state index in [2.05, 4.69) is 4.98 Å². The van der Waals surface area contributed by atoms with Gasteiger partial charge in [0, 0.05) is 12.3 Å². The monoisotopic (exact) mass is 302 g/mol. The quantitative estimate of drug-likeness (QED) is 0.639. The first kappa shape index (κ1) is 15.3. The first-order valence-corrected chi connectivity index (χ1v) is 6.31. The molecule has 7 heteroatoms. The van der Waals surface area contributed by atoms with Crippen LogP contribution in [-0.4, -0.2) is 30.8 Å². The summed E-state index contributed by atoms with van der Waals surface area (Å²) in [6, 6.07) is 9.94. The van der Waals surface area contributed by atoms with Gasteiger partial charge in [0.05, 0.1) is 12.7 Å². The van der Waals surface area contributed by atoms with Crippen LogP contribution in [0.3, 0.4) is 0 Å². The molecule has 0 aliphatic carbocycles. The summed E-state index contributed by atoms with van der Waals surface area (Å²) in [6.07, 6.45) is 1.36. The normalized spacial score (nSPS) is 9.86. The second-order valence-electron chi connectivity index (χ2n) is 4.12. The van der Waals surface area contributed by atoms with Crippen molar-refractivity contribution in [1.29, 1.82) is 0 Å². The minimum atomic E-state index is -0.775. The third kappa shape index (κ3) is 3.51. The standard InChI is InChI=1S/C15H14N2O5/c1-20-11-7-8-17-12(14(16)18)13(11)21-9-22-15(19)10-5-3-2-4-6-10/h2-8H,9H2,1H3,(H2,16,18). The minimum Gasteiger partial charge on any atom is -0.493 e. The van der Waals surface area contributed by atoms with E-state index in [-0.39, 0.29) is 17.2 Å². The molecule has 0 spiro atoms. The fourth-order valence-electron chi connectivity index (χ4n) is 1.71. The molecule has 0 radical (unpaired) electrons. The number of primary amides is 1. The fourth-order valence-corrected chi connectivity index (χ4v) is 1.71. The van der Waals surface area contributed by atoms with Crippen LogP contribution in [0.25, 0.3) is 0 Å². The molecule has 0 atom stereocenters. The summed E-state index contributed by atoms with van der Waals surface area (Å²) in [7, 11) is 1.41. The van der Waals surface area contributed by atoms with E-state index in [1.165, 1.54) is 19.4 Å². The Bertz CT molecular complexity index is 673. The van der Waals surface area contributed by atoms with Crippen molar-refractivity contribution in [2.75, 3.05) is 13.9 Å². The number of hydrogen-bond acceptors (Lipinski definition) is 6. The predicted octanol–water partition coefficient (Wildman–Crippen LogP) is 1.38. The van der Waals surface area contributed by atoms with Crippen LogP contribution < -0.4 is 15.2 Å². The van der Waals surface area contributed by atoms with Crippen molar-refractivity contribution in [1.82, 2.24) is 4.98 Å².